The van der Waals surface area contributed by atoms with Gasteiger partial charge >= 0.3 is 0 Å². The van der Waals surface area contributed by atoms with Crippen molar-refractivity contribution in [1.82, 2.24) is 29.7 Å². The van der Waals surface area contributed by atoms with Crippen LogP contribution in [0.1, 0.15) is 35.4 Å². The molecule has 0 unspecified atom stereocenters. The van der Waals surface area contributed by atoms with Crippen LogP contribution in [0.4, 0.5) is 4.39 Å². The Morgan fingerprint density at radius 1 is 0.733 bits per heavy atom. The number of aromatic nitrogens is 4. The second-order valence-electron chi connectivity index (χ2n) is 11.5. The van der Waals surface area contributed by atoms with Crippen molar-refractivity contribution in [2.24, 2.45) is 0 Å². The highest BCUT2D eigenvalue weighted by Crippen LogP contribution is 2.32. The molecule has 8 nitrogen and oxygen atoms in total. The molecule has 0 fully saturated rings. The predicted molar refractivity (Wildman–Crippen MR) is 179 cm³/mol. The largest absolute Gasteiger partial charge is 0.492 e. The van der Waals surface area contributed by atoms with Gasteiger partial charge in [0.05, 0.1) is 29.4 Å². The summed E-state index contributed by atoms with van der Waals surface area (Å²) in [7, 11) is 7.90. The van der Waals surface area contributed by atoms with Gasteiger partial charge in [-0.1, -0.05) is 23.2 Å². The van der Waals surface area contributed by atoms with Crippen molar-refractivity contribution in [2.75, 3.05) is 54.5 Å². The van der Waals surface area contributed by atoms with E-state index < -0.39 is 0 Å². The van der Waals surface area contributed by atoms with Crippen LogP contribution in [0.3, 0.4) is 0 Å². The molecule has 0 aliphatic heterocycles. The van der Waals surface area contributed by atoms with Crippen LogP contribution in [0.2, 0.25) is 10.0 Å². The third-order valence-electron chi connectivity index (χ3n) is 7.32. The first-order valence-corrected chi connectivity index (χ1v) is 15.9. The van der Waals surface area contributed by atoms with Crippen LogP contribution in [0.5, 0.6) is 5.75 Å². The second kappa shape index (κ2) is 16.9. The zero-order valence-electron chi connectivity index (χ0n) is 26.4. The molecule has 4 aromatic heterocycles. The Bertz CT molecular complexity index is 1570. The molecule has 0 spiro atoms. The van der Waals surface area contributed by atoms with Gasteiger partial charge in [-0.2, -0.15) is 0 Å². The zero-order chi connectivity index (χ0) is 32.3. The van der Waals surface area contributed by atoms with E-state index in [2.05, 4.69) is 19.9 Å². The average molecular weight is 656 g/mol. The van der Waals surface area contributed by atoms with Gasteiger partial charge in [0.2, 0.25) is 0 Å². The van der Waals surface area contributed by atoms with Gasteiger partial charge in [0, 0.05) is 59.0 Å². The highest BCUT2D eigenvalue weighted by Gasteiger charge is 2.19. The minimum atomic E-state index is -0.312. The molecule has 0 radical (unpaired) electrons. The lowest BCUT2D eigenvalue weighted by Crippen LogP contribution is -2.19. The Kier molecular flexibility index (Phi) is 13.0. The van der Waals surface area contributed by atoms with Crippen molar-refractivity contribution in [3.8, 4) is 28.5 Å². The molecule has 0 amide bonds. The zero-order valence-corrected chi connectivity index (χ0v) is 27.9. The van der Waals surface area contributed by atoms with E-state index in [9.17, 15) is 4.39 Å². The van der Waals surface area contributed by atoms with Crippen molar-refractivity contribution in [1.29, 1.82) is 0 Å². The monoisotopic (exact) mass is 654 g/mol. The number of pyridine rings is 4. The summed E-state index contributed by atoms with van der Waals surface area (Å²) in [5.74, 6) is 0.499. The number of hydrogen-bond acceptors (Lipinski definition) is 8. The number of halogens is 3. The fourth-order valence-corrected chi connectivity index (χ4v) is 5.59. The number of nitrogens with zero attached hydrogens (tertiary/aromatic N) is 6. The van der Waals surface area contributed by atoms with Crippen molar-refractivity contribution < 1.29 is 14.2 Å². The highest BCUT2D eigenvalue weighted by molar-refractivity contribution is 6.32. The number of aryl methyl sites for hydroxylation is 2. The van der Waals surface area contributed by atoms with Crippen LogP contribution in [0.15, 0.2) is 48.8 Å². The van der Waals surface area contributed by atoms with Gasteiger partial charge in [-0.05, 0) is 102 Å². The van der Waals surface area contributed by atoms with Crippen LogP contribution in [0, 0.1) is 5.82 Å². The van der Waals surface area contributed by atoms with Gasteiger partial charge in [0.25, 0.3) is 0 Å². The second-order valence-corrected chi connectivity index (χ2v) is 12.3. The fourth-order valence-electron chi connectivity index (χ4n) is 4.98. The fraction of sp³-hybridized carbons (Fsp3) is 0.412. The first kappa shape index (κ1) is 34.7. The third kappa shape index (κ3) is 10.1. The summed E-state index contributed by atoms with van der Waals surface area (Å²) in [6.07, 6.45) is 9.37. The van der Waals surface area contributed by atoms with Crippen molar-refractivity contribution in [3.05, 3.63) is 87.2 Å². The molecule has 240 valence electrons. The molecule has 2 aliphatic carbocycles. The van der Waals surface area contributed by atoms with E-state index in [1.807, 2.05) is 51.3 Å². The standard InChI is InChI=1S/C17H20ClN3O.C13H10ClFN2.C4H11NO/c1-21(2)8-9-22-12-6-7-19-16(10-12)17-11-14(18)13-4-3-5-15(13)20-17;14-10-7-13(12-6-8(15)4-5-16-12)17-11-3-1-2-9(10)11;1-5(2)3-4-6/h6-7,10-11H,3-5,8-9H2,1-2H3;4-7H,1-3H2;6H,3-4H2,1-2H3. The molecule has 2 aliphatic rings. The van der Waals surface area contributed by atoms with Gasteiger partial charge in [0.1, 0.15) is 18.2 Å². The SMILES string of the molecule is CN(C)CCO.CN(C)CCOc1ccnc(-c2cc(Cl)c3c(n2)CCC3)c1.Fc1ccnc(-c2cc(Cl)c3c(n2)CCC3)c1. The summed E-state index contributed by atoms with van der Waals surface area (Å²) in [6, 6.07) is 10.2. The summed E-state index contributed by atoms with van der Waals surface area (Å²) >= 11 is 12.6. The van der Waals surface area contributed by atoms with Crippen LogP contribution >= 0.6 is 23.2 Å². The minimum absolute atomic E-state index is 0.257. The Balaban J connectivity index is 0.000000178. The number of likely N-dealkylation sites (N-methyl/N-ethyl adjacent to an activating group) is 2. The number of aliphatic hydroxyl groups excluding tert-OH is 1. The molecular formula is C34H41Cl2FN6O2. The maximum atomic E-state index is 13.1. The van der Waals surface area contributed by atoms with Gasteiger partial charge in [-0.3, -0.25) is 19.9 Å². The number of hydrogen-bond donors (Lipinski definition) is 1. The van der Waals surface area contributed by atoms with E-state index in [4.69, 9.17) is 38.0 Å². The van der Waals surface area contributed by atoms with Crippen molar-refractivity contribution in [3.63, 3.8) is 0 Å². The average Bonchev–Trinajstić information content (AvgIpc) is 3.68. The van der Waals surface area contributed by atoms with Gasteiger partial charge < -0.3 is 19.6 Å². The molecule has 4 aromatic rings. The lowest BCUT2D eigenvalue weighted by Gasteiger charge is -2.12. The van der Waals surface area contributed by atoms with E-state index in [0.717, 1.165) is 90.7 Å². The van der Waals surface area contributed by atoms with Gasteiger partial charge in [-0.25, -0.2) is 4.39 Å². The first-order valence-electron chi connectivity index (χ1n) is 15.1. The first-order chi connectivity index (χ1) is 21.6. The van der Waals surface area contributed by atoms with Crippen LogP contribution < -0.4 is 4.74 Å². The Labute approximate surface area is 275 Å². The smallest absolute Gasteiger partial charge is 0.126 e. The molecule has 0 bridgehead atoms. The number of rotatable bonds is 8. The van der Waals surface area contributed by atoms with Crippen LogP contribution in [-0.4, -0.2) is 89.3 Å². The molecule has 0 saturated heterocycles. The topological polar surface area (TPSA) is 87.5 Å². The van der Waals surface area contributed by atoms with Gasteiger partial charge in [-0.15, -0.1) is 0 Å². The third-order valence-corrected chi connectivity index (χ3v) is 8.00. The van der Waals surface area contributed by atoms with E-state index in [-0.39, 0.29) is 12.4 Å². The van der Waals surface area contributed by atoms with Crippen LogP contribution in [-0.2, 0) is 25.7 Å². The highest BCUT2D eigenvalue weighted by atomic mass is 35.5. The lowest BCUT2D eigenvalue weighted by atomic mass is 10.1. The number of aliphatic hydroxyl groups is 1. The molecule has 6 rings (SSSR count). The van der Waals surface area contributed by atoms with E-state index in [1.165, 1.54) is 23.9 Å². The summed E-state index contributed by atoms with van der Waals surface area (Å²) in [6.45, 7) is 2.54. The molecule has 4 heterocycles. The van der Waals surface area contributed by atoms with E-state index >= 15 is 0 Å². The molecule has 11 heteroatoms. The number of fused-ring (bicyclic) bond motifs is 2. The van der Waals surface area contributed by atoms with E-state index in [1.54, 1.807) is 12.3 Å². The predicted octanol–water partition coefficient (Wildman–Crippen LogP) is 6.19. The lowest BCUT2D eigenvalue weighted by molar-refractivity contribution is 0.243. The Morgan fingerprint density at radius 3 is 1.76 bits per heavy atom. The summed E-state index contributed by atoms with van der Waals surface area (Å²) in [4.78, 5) is 21.8. The van der Waals surface area contributed by atoms with Crippen molar-refractivity contribution >= 4 is 23.2 Å². The summed E-state index contributed by atoms with van der Waals surface area (Å²) in [5, 5.41) is 9.72. The minimum Gasteiger partial charge on any atom is -0.492 e. The molecular weight excluding hydrogens is 614 g/mol. The molecule has 0 aromatic carbocycles. The normalized spacial score (nSPS) is 13.1. The maximum absolute atomic E-state index is 13.1. The Hall–Kier alpha value is -3.21. The number of ether oxygens (including phenoxy) is 1. The molecule has 0 saturated carbocycles. The summed E-state index contributed by atoms with van der Waals surface area (Å²) < 4.78 is 18.9. The van der Waals surface area contributed by atoms with Crippen molar-refractivity contribution in [2.45, 2.75) is 38.5 Å². The molecule has 1 N–H and O–H groups in total. The summed E-state index contributed by atoms with van der Waals surface area (Å²) in [5.41, 5.74) is 7.27. The maximum Gasteiger partial charge on any atom is 0.126 e. The Morgan fingerprint density at radius 2 is 1.27 bits per heavy atom. The molecule has 45 heavy (non-hydrogen) atoms. The quantitative estimate of drug-likeness (QED) is 0.241. The van der Waals surface area contributed by atoms with Crippen LogP contribution in [0.25, 0.3) is 22.8 Å². The van der Waals surface area contributed by atoms with E-state index in [0.29, 0.717) is 23.0 Å². The molecule has 0 atom stereocenters. The van der Waals surface area contributed by atoms with Gasteiger partial charge in [0.15, 0.2) is 0 Å².